The van der Waals surface area contributed by atoms with Gasteiger partial charge in [0, 0.05) is 24.8 Å². The van der Waals surface area contributed by atoms with Crippen molar-refractivity contribution >= 4 is 21.7 Å². The molecule has 22 heavy (non-hydrogen) atoms. The number of nitrogens with one attached hydrogen (secondary N) is 2. The van der Waals surface area contributed by atoms with E-state index in [9.17, 15) is 17.6 Å². The van der Waals surface area contributed by atoms with Crippen LogP contribution >= 0.6 is 0 Å². The lowest BCUT2D eigenvalue weighted by Crippen LogP contribution is -2.50. The number of hydrogen-bond acceptors (Lipinski definition) is 3. The third kappa shape index (κ3) is 4.41. The Morgan fingerprint density at radius 3 is 2.77 bits per heavy atom. The number of piperidine rings is 1. The van der Waals surface area contributed by atoms with Gasteiger partial charge < -0.3 is 10.6 Å². The van der Waals surface area contributed by atoms with Crippen LogP contribution in [0.3, 0.4) is 0 Å². The Kier molecular flexibility index (Phi) is 5.02. The zero-order valence-corrected chi connectivity index (χ0v) is 13.4. The van der Waals surface area contributed by atoms with E-state index < -0.39 is 21.9 Å². The van der Waals surface area contributed by atoms with Gasteiger partial charge in [0.05, 0.1) is 6.26 Å². The number of carbonyl (C=O) groups excluding carboxylic acids is 1. The van der Waals surface area contributed by atoms with Crippen molar-refractivity contribution in [2.75, 3.05) is 24.7 Å². The molecule has 1 saturated heterocycles. The van der Waals surface area contributed by atoms with E-state index in [1.165, 1.54) is 10.4 Å². The normalized spacial score (nSPS) is 19.7. The van der Waals surface area contributed by atoms with Crippen molar-refractivity contribution < 1.29 is 17.6 Å². The topological polar surface area (TPSA) is 78.5 Å². The van der Waals surface area contributed by atoms with E-state index in [0.717, 1.165) is 6.26 Å². The lowest BCUT2D eigenvalue weighted by molar-refractivity contribution is 0.236. The van der Waals surface area contributed by atoms with Gasteiger partial charge in [-0.15, -0.1) is 0 Å². The highest BCUT2D eigenvalue weighted by atomic mass is 32.2. The smallest absolute Gasteiger partial charge is 0.319 e. The number of anilines is 1. The molecule has 8 heteroatoms. The number of nitrogens with zero attached hydrogens (tertiary/aromatic N) is 1. The van der Waals surface area contributed by atoms with E-state index >= 15 is 0 Å². The molecule has 0 spiro atoms. The summed E-state index contributed by atoms with van der Waals surface area (Å²) in [5, 5.41) is 5.28. The van der Waals surface area contributed by atoms with Gasteiger partial charge in [-0.05, 0) is 37.5 Å². The fourth-order valence-electron chi connectivity index (χ4n) is 2.38. The van der Waals surface area contributed by atoms with Crippen molar-refractivity contribution in [1.29, 1.82) is 0 Å². The average Bonchev–Trinajstić information content (AvgIpc) is 2.42. The van der Waals surface area contributed by atoms with Gasteiger partial charge in [-0.25, -0.2) is 21.9 Å². The molecule has 1 aromatic rings. The van der Waals surface area contributed by atoms with Gasteiger partial charge in [0.25, 0.3) is 0 Å². The van der Waals surface area contributed by atoms with Crippen LogP contribution in [0.1, 0.15) is 18.4 Å². The molecular weight excluding hydrogens is 309 g/mol. The summed E-state index contributed by atoms with van der Waals surface area (Å²) in [4.78, 5) is 11.9. The van der Waals surface area contributed by atoms with Crippen molar-refractivity contribution in [3.05, 3.63) is 29.6 Å². The standard InChI is InChI=1S/C14H20FN3O3S/c1-10-5-6-11(8-13(10)15)16-14(19)17-12-4-3-7-18(9-12)22(2,20)21/h5-6,8,12H,3-4,7,9H2,1-2H3,(H2,16,17,19)/t12-/m0/s1. The quantitative estimate of drug-likeness (QED) is 0.885. The van der Waals surface area contributed by atoms with Gasteiger partial charge in [0.2, 0.25) is 10.0 Å². The number of sulfonamides is 1. The van der Waals surface area contributed by atoms with Crippen molar-refractivity contribution in [1.82, 2.24) is 9.62 Å². The van der Waals surface area contributed by atoms with Gasteiger partial charge in [0.1, 0.15) is 5.82 Å². The first kappa shape index (κ1) is 16.7. The zero-order valence-electron chi connectivity index (χ0n) is 12.6. The van der Waals surface area contributed by atoms with Crippen molar-refractivity contribution in [2.45, 2.75) is 25.8 Å². The minimum atomic E-state index is -3.25. The third-order valence-corrected chi connectivity index (χ3v) is 4.89. The molecule has 6 nitrogen and oxygen atoms in total. The molecule has 1 aromatic carbocycles. The molecule has 122 valence electrons. The molecular formula is C14H20FN3O3S. The fourth-order valence-corrected chi connectivity index (χ4v) is 3.30. The lowest BCUT2D eigenvalue weighted by Gasteiger charge is -2.31. The molecule has 0 unspecified atom stereocenters. The van der Waals surface area contributed by atoms with Gasteiger partial charge in [0.15, 0.2) is 0 Å². The van der Waals surface area contributed by atoms with Crippen LogP contribution in [0.5, 0.6) is 0 Å². The number of hydrogen-bond donors (Lipinski definition) is 2. The molecule has 2 amide bonds. The minimum Gasteiger partial charge on any atom is -0.334 e. The van der Waals surface area contributed by atoms with E-state index in [1.54, 1.807) is 19.1 Å². The Hall–Kier alpha value is -1.67. The van der Waals surface area contributed by atoms with Crippen LogP contribution in [-0.2, 0) is 10.0 Å². The Balaban J connectivity index is 1.92. The highest BCUT2D eigenvalue weighted by Gasteiger charge is 2.26. The fraction of sp³-hybridized carbons (Fsp3) is 0.500. The Morgan fingerprint density at radius 2 is 2.14 bits per heavy atom. The van der Waals surface area contributed by atoms with Crippen LogP contribution in [0.2, 0.25) is 0 Å². The molecule has 0 saturated carbocycles. The van der Waals surface area contributed by atoms with Crippen LogP contribution in [0, 0.1) is 12.7 Å². The Labute approximate surface area is 129 Å². The van der Waals surface area contributed by atoms with Crippen LogP contribution in [-0.4, -0.2) is 44.1 Å². The Bertz CT molecular complexity index is 663. The monoisotopic (exact) mass is 329 g/mol. The highest BCUT2D eigenvalue weighted by Crippen LogP contribution is 2.15. The van der Waals surface area contributed by atoms with Gasteiger partial charge >= 0.3 is 6.03 Å². The first-order chi connectivity index (χ1) is 10.3. The van der Waals surface area contributed by atoms with E-state index in [4.69, 9.17) is 0 Å². The molecule has 2 N–H and O–H groups in total. The average molecular weight is 329 g/mol. The highest BCUT2D eigenvalue weighted by molar-refractivity contribution is 7.88. The van der Waals surface area contributed by atoms with Gasteiger partial charge in [-0.2, -0.15) is 0 Å². The number of aryl methyl sites for hydroxylation is 1. The SMILES string of the molecule is Cc1ccc(NC(=O)N[C@H]2CCCN(S(C)(=O)=O)C2)cc1F. The second kappa shape index (κ2) is 6.62. The first-order valence-electron chi connectivity index (χ1n) is 7.04. The maximum absolute atomic E-state index is 13.4. The van der Waals surface area contributed by atoms with Crippen LogP contribution in [0.25, 0.3) is 0 Å². The van der Waals surface area contributed by atoms with Gasteiger partial charge in [-0.1, -0.05) is 6.07 Å². The summed E-state index contributed by atoms with van der Waals surface area (Å²) in [6.45, 7) is 2.37. The summed E-state index contributed by atoms with van der Waals surface area (Å²) in [5.74, 6) is -0.390. The molecule has 1 atom stereocenters. The van der Waals surface area contributed by atoms with E-state index in [2.05, 4.69) is 10.6 Å². The number of urea groups is 1. The van der Waals surface area contributed by atoms with E-state index in [1.807, 2.05) is 0 Å². The zero-order chi connectivity index (χ0) is 16.3. The number of carbonyl (C=O) groups is 1. The minimum absolute atomic E-state index is 0.251. The van der Waals surface area contributed by atoms with Crippen LogP contribution in [0.4, 0.5) is 14.9 Å². The lowest BCUT2D eigenvalue weighted by atomic mass is 10.1. The predicted molar refractivity (Wildman–Crippen MR) is 82.7 cm³/mol. The Morgan fingerprint density at radius 1 is 1.41 bits per heavy atom. The maximum Gasteiger partial charge on any atom is 0.319 e. The first-order valence-corrected chi connectivity index (χ1v) is 8.89. The number of benzene rings is 1. The van der Waals surface area contributed by atoms with Gasteiger partial charge in [-0.3, -0.25) is 0 Å². The molecule has 0 aliphatic carbocycles. The molecule has 0 bridgehead atoms. The summed E-state index contributed by atoms with van der Waals surface area (Å²) in [5.41, 5.74) is 0.860. The van der Waals surface area contributed by atoms with E-state index in [-0.39, 0.29) is 12.6 Å². The maximum atomic E-state index is 13.4. The molecule has 0 radical (unpaired) electrons. The number of halogens is 1. The van der Waals surface area contributed by atoms with Crippen LogP contribution < -0.4 is 10.6 Å². The molecule has 0 aromatic heterocycles. The second-order valence-electron chi connectivity index (χ2n) is 5.52. The summed E-state index contributed by atoms with van der Waals surface area (Å²) >= 11 is 0. The summed E-state index contributed by atoms with van der Waals surface area (Å²) < 4.78 is 37.8. The second-order valence-corrected chi connectivity index (χ2v) is 7.51. The summed E-state index contributed by atoms with van der Waals surface area (Å²) in [6, 6.07) is 3.72. The third-order valence-electron chi connectivity index (χ3n) is 3.62. The molecule has 1 aliphatic rings. The summed E-state index contributed by atoms with van der Waals surface area (Å²) in [7, 11) is -3.25. The largest absolute Gasteiger partial charge is 0.334 e. The summed E-state index contributed by atoms with van der Waals surface area (Å²) in [6.07, 6.45) is 2.56. The van der Waals surface area contributed by atoms with Crippen LogP contribution in [0.15, 0.2) is 18.2 Å². The molecule has 1 aliphatic heterocycles. The molecule has 1 heterocycles. The van der Waals surface area contributed by atoms with E-state index in [0.29, 0.717) is 30.6 Å². The molecule has 2 rings (SSSR count). The van der Waals surface area contributed by atoms with Crippen molar-refractivity contribution in [3.8, 4) is 0 Å². The molecule has 1 fully saturated rings. The number of amides is 2. The van der Waals surface area contributed by atoms with Crippen molar-refractivity contribution in [3.63, 3.8) is 0 Å². The number of rotatable bonds is 3. The predicted octanol–water partition coefficient (Wildman–Crippen LogP) is 1.68. The van der Waals surface area contributed by atoms with Crippen molar-refractivity contribution in [2.24, 2.45) is 0 Å².